The van der Waals surface area contributed by atoms with Gasteiger partial charge in [-0.05, 0) is 0 Å². The molecule has 1 nitrogen and oxygen atoms in total. The fourth-order valence-electron chi connectivity index (χ4n) is 1.25. The number of rotatable bonds is 5. The molecule has 0 bridgehead atoms. The second-order valence-electron chi connectivity index (χ2n) is 3.86. The van der Waals surface area contributed by atoms with Gasteiger partial charge in [0.2, 0.25) is 0 Å². The summed E-state index contributed by atoms with van der Waals surface area (Å²) < 4.78 is 6.44. The molecule has 0 fully saturated rings. The Morgan fingerprint density at radius 2 is 2.06 bits per heavy atom. The van der Waals surface area contributed by atoms with Crippen molar-refractivity contribution in [1.82, 2.24) is 0 Å². The third kappa shape index (κ3) is 6.12. The molecule has 0 aliphatic rings. The van der Waals surface area contributed by atoms with E-state index in [1.807, 2.05) is 30.3 Å². The zero-order valence-corrected chi connectivity index (χ0v) is 12.8. The van der Waals surface area contributed by atoms with E-state index in [0.717, 1.165) is 10.6 Å². The average Bonchev–Trinajstić information content (AvgIpc) is 2.27. The Morgan fingerprint density at radius 1 is 1.41 bits per heavy atom. The molecule has 0 amide bonds. The van der Waals surface area contributed by atoms with Gasteiger partial charge in [-0.25, -0.2) is 0 Å². The molecule has 92 valence electrons. The SMILES string of the molecule is COCC(=C=Cc1ccc(Cl)cc1)[Se]C(C)C. The fraction of sp³-hybridized carbons (Fsp3) is 0.357. The predicted octanol–water partition coefficient (Wildman–Crippen LogP) is 4.01. The van der Waals surface area contributed by atoms with Crippen molar-refractivity contribution < 1.29 is 4.74 Å². The summed E-state index contributed by atoms with van der Waals surface area (Å²) in [6.07, 6.45) is 1.99. The molecule has 17 heavy (non-hydrogen) atoms. The Kier molecular flexibility index (Phi) is 6.65. The molecule has 0 unspecified atom stereocenters. The molecule has 1 rings (SSSR count). The van der Waals surface area contributed by atoms with Crippen LogP contribution >= 0.6 is 11.6 Å². The van der Waals surface area contributed by atoms with Crippen LogP contribution in [0.5, 0.6) is 0 Å². The van der Waals surface area contributed by atoms with Gasteiger partial charge in [-0.15, -0.1) is 0 Å². The molecule has 0 atom stereocenters. The van der Waals surface area contributed by atoms with Crippen molar-refractivity contribution in [3.05, 3.63) is 45.1 Å². The quantitative estimate of drug-likeness (QED) is 0.589. The molecule has 0 aliphatic carbocycles. The van der Waals surface area contributed by atoms with Gasteiger partial charge in [-0.2, -0.15) is 0 Å². The fourth-order valence-corrected chi connectivity index (χ4v) is 3.22. The van der Waals surface area contributed by atoms with Crippen molar-refractivity contribution in [1.29, 1.82) is 0 Å². The molecule has 1 aromatic carbocycles. The number of methoxy groups -OCH3 is 1. The van der Waals surface area contributed by atoms with E-state index in [9.17, 15) is 0 Å². The van der Waals surface area contributed by atoms with Gasteiger partial charge in [0.25, 0.3) is 0 Å². The van der Waals surface area contributed by atoms with Crippen molar-refractivity contribution in [3.8, 4) is 0 Å². The van der Waals surface area contributed by atoms with Gasteiger partial charge in [0, 0.05) is 0 Å². The van der Waals surface area contributed by atoms with Gasteiger partial charge in [-0.3, -0.25) is 0 Å². The van der Waals surface area contributed by atoms with Gasteiger partial charge in [0.15, 0.2) is 0 Å². The normalized spacial score (nSPS) is 10.2. The summed E-state index contributed by atoms with van der Waals surface area (Å²) in [5.74, 6) is 0. The molecular formula is C14H17ClOSe. The van der Waals surface area contributed by atoms with E-state index in [0.29, 0.717) is 26.4 Å². The molecule has 0 spiro atoms. The van der Waals surface area contributed by atoms with Crippen LogP contribution in [0.2, 0.25) is 9.84 Å². The first-order valence-electron chi connectivity index (χ1n) is 5.48. The van der Waals surface area contributed by atoms with Crippen LogP contribution in [0, 0.1) is 0 Å². The van der Waals surface area contributed by atoms with E-state index >= 15 is 0 Å². The van der Waals surface area contributed by atoms with Crippen LogP contribution in [0.25, 0.3) is 6.08 Å². The molecule has 0 saturated heterocycles. The maximum absolute atomic E-state index is 5.84. The Labute approximate surface area is 115 Å². The standard InChI is InChI=1S/C14H17ClOSe/c1-11(2)17-14(10-16-3)9-6-12-4-7-13(15)8-5-12/h4-8,11H,10H2,1-3H3. The van der Waals surface area contributed by atoms with E-state index in [1.54, 1.807) is 7.11 Å². The molecular weight excluding hydrogens is 299 g/mol. The predicted molar refractivity (Wildman–Crippen MR) is 75.7 cm³/mol. The van der Waals surface area contributed by atoms with Crippen molar-refractivity contribution in [3.63, 3.8) is 0 Å². The Balaban J connectivity index is 2.84. The third-order valence-electron chi connectivity index (χ3n) is 1.92. The summed E-state index contributed by atoms with van der Waals surface area (Å²) in [6.45, 7) is 5.11. The van der Waals surface area contributed by atoms with Crippen molar-refractivity contribution in [2.75, 3.05) is 13.7 Å². The first-order valence-corrected chi connectivity index (χ1v) is 7.71. The van der Waals surface area contributed by atoms with Gasteiger partial charge < -0.3 is 0 Å². The van der Waals surface area contributed by atoms with Gasteiger partial charge in [0.1, 0.15) is 0 Å². The summed E-state index contributed by atoms with van der Waals surface area (Å²) >= 11 is 6.28. The number of benzene rings is 1. The second kappa shape index (κ2) is 7.76. The average molecular weight is 316 g/mol. The molecule has 1 aromatic rings. The van der Waals surface area contributed by atoms with Crippen LogP contribution in [0.4, 0.5) is 0 Å². The van der Waals surface area contributed by atoms with Crippen molar-refractivity contribution in [2.45, 2.75) is 18.7 Å². The van der Waals surface area contributed by atoms with Crippen LogP contribution in [-0.4, -0.2) is 28.7 Å². The summed E-state index contributed by atoms with van der Waals surface area (Å²) in [6, 6.07) is 7.75. The number of hydrogen-bond acceptors (Lipinski definition) is 1. The van der Waals surface area contributed by atoms with Crippen molar-refractivity contribution in [2.24, 2.45) is 0 Å². The number of ether oxygens (including phenoxy) is 1. The first kappa shape index (κ1) is 14.6. The van der Waals surface area contributed by atoms with E-state index in [-0.39, 0.29) is 0 Å². The zero-order chi connectivity index (χ0) is 12.7. The molecule has 0 heterocycles. The molecule has 0 aliphatic heterocycles. The molecule has 0 N–H and O–H groups in total. The Bertz CT molecular complexity index is 403. The topological polar surface area (TPSA) is 9.23 Å². The Hall–Kier alpha value is -0.491. The summed E-state index contributed by atoms with van der Waals surface area (Å²) in [5.41, 5.74) is 4.45. The number of halogens is 1. The molecule has 0 radical (unpaired) electrons. The van der Waals surface area contributed by atoms with Gasteiger partial charge in [-0.1, -0.05) is 0 Å². The summed E-state index contributed by atoms with van der Waals surface area (Å²) in [4.78, 5) is 0.679. The first-order chi connectivity index (χ1) is 8.11. The third-order valence-corrected chi connectivity index (χ3v) is 4.26. The van der Waals surface area contributed by atoms with E-state index in [4.69, 9.17) is 16.3 Å². The number of hydrogen-bond donors (Lipinski definition) is 0. The van der Waals surface area contributed by atoms with Gasteiger partial charge >= 0.3 is 115 Å². The molecule has 0 saturated carbocycles. The van der Waals surface area contributed by atoms with Crippen LogP contribution in [0.3, 0.4) is 0 Å². The monoisotopic (exact) mass is 316 g/mol. The maximum atomic E-state index is 5.84. The Morgan fingerprint density at radius 3 is 2.59 bits per heavy atom. The summed E-state index contributed by atoms with van der Waals surface area (Å²) in [5, 5.41) is 0.759. The summed E-state index contributed by atoms with van der Waals surface area (Å²) in [7, 11) is 1.72. The van der Waals surface area contributed by atoms with E-state index in [2.05, 4.69) is 19.6 Å². The molecule has 3 heteroatoms. The van der Waals surface area contributed by atoms with Gasteiger partial charge in [0.05, 0.1) is 0 Å². The van der Waals surface area contributed by atoms with Crippen molar-refractivity contribution >= 4 is 32.6 Å². The van der Waals surface area contributed by atoms with Crippen LogP contribution in [0.15, 0.2) is 34.5 Å². The minimum absolute atomic E-state index is 0.443. The van der Waals surface area contributed by atoms with E-state index < -0.39 is 0 Å². The van der Waals surface area contributed by atoms with E-state index in [1.165, 1.54) is 4.47 Å². The van der Waals surface area contributed by atoms with Crippen LogP contribution in [-0.2, 0) is 4.74 Å². The second-order valence-corrected chi connectivity index (χ2v) is 7.81. The van der Waals surface area contributed by atoms with Crippen LogP contribution < -0.4 is 0 Å². The minimum atomic E-state index is 0.443. The zero-order valence-electron chi connectivity index (χ0n) is 10.4. The molecule has 0 aromatic heterocycles. The van der Waals surface area contributed by atoms with Crippen LogP contribution in [0.1, 0.15) is 19.4 Å².